The molecule has 1 aromatic heterocycles. The maximum atomic E-state index is 14.3. The fourth-order valence-corrected chi connectivity index (χ4v) is 7.05. The van der Waals surface area contributed by atoms with Crippen LogP contribution in [0.15, 0.2) is 55.0 Å². The second-order valence-electron chi connectivity index (χ2n) is 13.8. The average Bonchev–Trinajstić information content (AvgIpc) is 3.64. The van der Waals surface area contributed by atoms with E-state index in [9.17, 15) is 24.3 Å². The van der Waals surface area contributed by atoms with Gasteiger partial charge in [0.15, 0.2) is 6.10 Å². The first-order valence-electron chi connectivity index (χ1n) is 18.0. The predicted octanol–water partition coefficient (Wildman–Crippen LogP) is 3.47. The van der Waals surface area contributed by atoms with Crippen LogP contribution in [0, 0.1) is 11.8 Å². The first-order chi connectivity index (χ1) is 24.2. The summed E-state index contributed by atoms with van der Waals surface area (Å²) in [5.74, 6) is -2.51. The Labute approximate surface area is 293 Å². The molecule has 3 aromatic rings. The van der Waals surface area contributed by atoms with Gasteiger partial charge in [0.25, 0.3) is 0 Å². The van der Waals surface area contributed by atoms with Gasteiger partial charge in [-0.1, -0.05) is 74.6 Å². The maximum absolute atomic E-state index is 14.3. The number of carbonyl (C=O) groups excluding carboxylic acids is 4. The summed E-state index contributed by atoms with van der Waals surface area (Å²) in [6.45, 7) is 5.19. The number of morpholine rings is 1. The number of amides is 3. The Balaban J connectivity index is 1.39. The van der Waals surface area contributed by atoms with Crippen molar-refractivity contribution in [1.82, 2.24) is 25.5 Å². The van der Waals surface area contributed by atoms with E-state index >= 15 is 0 Å². The van der Waals surface area contributed by atoms with Crippen LogP contribution in [0.4, 0.5) is 0 Å². The summed E-state index contributed by atoms with van der Waals surface area (Å²) < 4.78 is 10.7. The summed E-state index contributed by atoms with van der Waals surface area (Å²) >= 11 is 0. The number of carbonyl (C=O) groups is 4. The van der Waals surface area contributed by atoms with Crippen molar-refractivity contribution in [3.63, 3.8) is 0 Å². The Bertz CT molecular complexity index is 1560. The zero-order chi connectivity index (χ0) is 35.5. The lowest BCUT2D eigenvalue weighted by Crippen LogP contribution is -2.56. The molecule has 0 spiro atoms. The van der Waals surface area contributed by atoms with E-state index in [0.29, 0.717) is 38.4 Å². The van der Waals surface area contributed by atoms with Crippen LogP contribution in [0.3, 0.4) is 0 Å². The van der Waals surface area contributed by atoms with Crippen molar-refractivity contribution in [3.05, 3.63) is 66.2 Å². The van der Waals surface area contributed by atoms with Crippen LogP contribution in [0.5, 0.6) is 0 Å². The van der Waals surface area contributed by atoms with Gasteiger partial charge in [-0.25, -0.2) is 9.78 Å². The second kappa shape index (κ2) is 18.1. The van der Waals surface area contributed by atoms with Gasteiger partial charge in [0.05, 0.1) is 43.3 Å². The third kappa shape index (κ3) is 10.4. The number of nitrogens with zero attached hydrogens (tertiary/aromatic N) is 2. The van der Waals surface area contributed by atoms with Crippen LogP contribution in [0.25, 0.3) is 10.8 Å². The molecule has 0 radical (unpaired) electrons. The number of hydrogen-bond acceptors (Lipinski definition) is 8. The highest BCUT2D eigenvalue weighted by Gasteiger charge is 2.36. The molecule has 2 heterocycles. The molecule has 1 saturated heterocycles. The van der Waals surface area contributed by atoms with Crippen molar-refractivity contribution in [1.29, 1.82) is 0 Å². The lowest BCUT2D eigenvalue weighted by molar-refractivity contribution is -0.159. The van der Waals surface area contributed by atoms with Gasteiger partial charge in [0.1, 0.15) is 6.04 Å². The fraction of sp³-hybridized carbons (Fsp3) is 0.553. The van der Waals surface area contributed by atoms with Gasteiger partial charge < -0.3 is 35.1 Å². The van der Waals surface area contributed by atoms with Crippen LogP contribution >= 0.6 is 0 Å². The van der Waals surface area contributed by atoms with Crippen molar-refractivity contribution in [2.45, 2.75) is 95.9 Å². The van der Waals surface area contributed by atoms with Crippen LogP contribution in [-0.4, -0.2) is 94.3 Å². The number of aromatic amines is 1. The summed E-state index contributed by atoms with van der Waals surface area (Å²) in [5.41, 5.74) is 1.47. The van der Waals surface area contributed by atoms with Crippen LogP contribution in [-0.2, 0) is 41.5 Å². The number of hydrogen-bond donors (Lipinski definition) is 4. The molecule has 270 valence electrons. The van der Waals surface area contributed by atoms with Gasteiger partial charge in [0, 0.05) is 32.1 Å². The number of aromatic nitrogens is 2. The second-order valence-corrected chi connectivity index (χ2v) is 13.8. The SMILES string of the molecule is CC(C)OC(=O)C(O)[C@H](CC1CCCCC1)NC(=O)[C@H](Cc1c[nH]cn1)NC(=O)C(CC(=O)N1CCOCC1)Cc1cccc2ccccc12. The number of imidazole rings is 1. The molecule has 5 rings (SSSR count). The van der Waals surface area contributed by atoms with Crippen molar-refractivity contribution >= 4 is 34.5 Å². The third-order valence-electron chi connectivity index (χ3n) is 9.72. The van der Waals surface area contributed by atoms with Crippen molar-refractivity contribution in [2.75, 3.05) is 26.3 Å². The van der Waals surface area contributed by atoms with Gasteiger partial charge in [0.2, 0.25) is 17.7 Å². The average molecular weight is 690 g/mol. The number of aliphatic hydroxyl groups excluding tert-OH is 1. The smallest absolute Gasteiger partial charge is 0.337 e. The van der Waals surface area contributed by atoms with Gasteiger partial charge in [-0.05, 0) is 48.9 Å². The topological polar surface area (TPSA) is 163 Å². The Hall–Kier alpha value is -4.29. The number of ether oxygens (including phenoxy) is 2. The van der Waals surface area contributed by atoms with E-state index < -0.39 is 48.0 Å². The van der Waals surface area contributed by atoms with Crippen molar-refractivity contribution in [3.8, 4) is 0 Å². The summed E-state index contributed by atoms with van der Waals surface area (Å²) in [6, 6.07) is 11.8. The van der Waals surface area contributed by atoms with Crippen molar-refractivity contribution in [2.24, 2.45) is 11.8 Å². The normalized spacial score (nSPS) is 17.9. The summed E-state index contributed by atoms with van der Waals surface area (Å²) in [4.78, 5) is 63.7. The molecule has 2 aliphatic rings. The van der Waals surface area contributed by atoms with E-state index in [4.69, 9.17) is 9.47 Å². The first-order valence-corrected chi connectivity index (χ1v) is 18.0. The lowest BCUT2D eigenvalue weighted by Gasteiger charge is -2.31. The highest BCUT2D eigenvalue weighted by molar-refractivity contribution is 5.92. The zero-order valence-electron chi connectivity index (χ0n) is 29.1. The summed E-state index contributed by atoms with van der Waals surface area (Å²) in [5, 5.41) is 19.0. The van der Waals surface area contributed by atoms with Crippen LogP contribution in [0.1, 0.15) is 70.1 Å². The number of H-pyrrole nitrogens is 1. The highest BCUT2D eigenvalue weighted by Crippen LogP contribution is 2.29. The molecular formula is C38H51N5O7. The number of aliphatic hydroxyl groups is 1. The minimum atomic E-state index is -1.57. The molecule has 12 nitrogen and oxygen atoms in total. The minimum Gasteiger partial charge on any atom is -0.461 e. The van der Waals surface area contributed by atoms with Gasteiger partial charge in [-0.15, -0.1) is 0 Å². The Morgan fingerprint density at radius 1 is 0.980 bits per heavy atom. The largest absolute Gasteiger partial charge is 0.461 e. The quantitative estimate of drug-likeness (QED) is 0.176. The number of fused-ring (bicyclic) bond motifs is 1. The summed E-state index contributed by atoms with van der Waals surface area (Å²) in [6.07, 6.45) is 6.96. The molecule has 12 heteroatoms. The molecule has 2 unspecified atom stereocenters. The van der Waals surface area contributed by atoms with E-state index in [1.165, 1.54) is 6.33 Å². The fourth-order valence-electron chi connectivity index (χ4n) is 7.05. The van der Waals surface area contributed by atoms with E-state index in [1.807, 2.05) is 42.5 Å². The molecular weight excluding hydrogens is 638 g/mol. The molecule has 1 aliphatic carbocycles. The number of nitrogens with one attached hydrogen (secondary N) is 3. The maximum Gasteiger partial charge on any atom is 0.337 e. The monoisotopic (exact) mass is 689 g/mol. The molecule has 50 heavy (non-hydrogen) atoms. The molecule has 2 fully saturated rings. The standard InChI is InChI=1S/C38H51N5O7/c1-25(2)50-38(48)35(45)32(19-26-9-4-3-5-10-26)41-37(47)33(22-30-23-39-24-40-30)42-36(46)29(21-34(44)43-15-17-49-18-16-43)20-28-13-8-12-27-11-6-7-14-31(27)28/h6-8,11-14,23-26,29,32-33,35,45H,3-5,9-10,15-22H2,1-2H3,(H,39,40)(H,41,47)(H,42,46)/t29?,32-,33-,35?/m0/s1. The van der Waals surface area contributed by atoms with E-state index in [-0.39, 0.29) is 31.1 Å². The van der Waals surface area contributed by atoms with Gasteiger partial charge >= 0.3 is 5.97 Å². The molecule has 3 amide bonds. The minimum absolute atomic E-state index is 0.0458. The van der Waals surface area contributed by atoms with E-state index in [2.05, 4.69) is 20.6 Å². The van der Waals surface area contributed by atoms with E-state index in [1.54, 1.807) is 24.9 Å². The Morgan fingerprint density at radius 2 is 1.72 bits per heavy atom. The Morgan fingerprint density at radius 3 is 2.44 bits per heavy atom. The molecule has 4 N–H and O–H groups in total. The lowest BCUT2D eigenvalue weighted by atomic mass is 9.83. The first kappa shape index (κ1) is 37.0. The molecule has 4 atom stereocenters. The molecule has 2 aromatic carbocycles. The predicted molar refractivity (Wildman–Crippen MR) is 188 cm³/mol. The van der Waals surface area contributed by atoms with Crippen molar-refractivity contribution < 1.29 is 33.8 Å². The molecule has 0 bridgehead atoms. The Kier molecular flexibility index (Phi) is 13.4. The number of rotatable bonds is 15. The van der Waals surface area contributed by atoms with Crippen LogP contribution in [0.2, 0.25) is 0 Å². The molecule has 1 aliphatic heterocycles. The summed E-state index contributed by atoms with van der Waals surface area (Å²) in [7, 11) is 0. The van der Waals surface area contributed by atoms with Gasteiger partial charge in [-0.2, -0.15) is 0 Å². The third-order valence-corrected chi connectivity index (χ3v) is 9.72. The number of esters is 1. The number of benzene rings is 2. The molecule has 1 saturated carbocycles. The zero-order valence-corrected chi connectivity index (χ0v) is 29.1. The highest BCUT2D eigenvalue weighted by atomic mass is 16.6. The van der Waals surface area contributed by atoms with E-state index in [0.717, 1.165) is 48.4 Å². The van der Waals surface area contributed by atoms with Gasteiger partial charge in [-0.3, -0.25) is 14.4 Å². The van der Waals surface area contributed by atoms with Crippen LogP contribution < -0.4 is 10.6 Å².